The molecule has 1 aromatic carbocycles. The highest BCUT2D eigenvalue weighted by molar-refractivity contribution is 5.95. The molecule has 2 aromatic heterocycles. The van der Waals surface area contributed by atoms with Crippen LogP contribution in [0.3, 0.4) is 0 Å². The van der Waals surface area contributed by atoms with Crippen LogP contribution in [0.1, 0.15) is 17.9 Å². The van der Waals surface area contributed by atoms with E-state index in [0.717, 1.165) is 33.4 Å². The first kappa shape index (κ1) is 17.0. The molecule has 3 aromatic rings. The van der Waals surface area contributed by atoms with E-state index in [1.807, 2.05) is 38.1 Å². The van der Waals surface area contributed by atoms with Crippen LogP contribution in [0.4, 0.5) is 5.82 Å². The summed E-state index contributed by atoms with van der Waals surface area (Å²) >= 11 is 0. The average molecular weight is 361 g/mol. The maximum Gasteiger partial charge on any atom is 0.230 e. The summed E-state index contributed by atoms with van der Waals surface area (Å²) in [5, 5.41) is 17.8. The van der Waals surface area contributed by atoms with Gasteiger partial charge in [0.1, 0.15) is 11.6 Å². The molecule has 0 spiro atoms. The number of likely N-dealkylation sites (tertiary alicyclic amines) is 1. The maximum atomic E-state index is 12.4. The number of anilines is 1. The molecule has 0 saturated carbocycles. The third kappa shape index (κ3) is 3.22. The minimum absolute atomic E-state index is 0.0959. The zero-order chi connectivity index (χ0) is 19.0. The highest BCUT2D eigenvalue weighted by Gasteiger charge is 2.28. The fourth-order valence-corrected chi connectivity index (χ4v) is 3.55. The monoisotopic (exact) mass is 361 g/mol. The molecule has 7 nitrogen and oxygen atoms in total. The Labute approximate surface area is 156 Å². The molecule has 0 bridgehead atoms. The highest BCUT2D eigenvalue weighted by atomic mass is 16.5. The number of fused-ring (bicyclic) bond motifs is 1. The lowest BCUT2D eigenvalue weighted by Gasteiger charge is -2.11. The van der Waals surface area contributed by atoms with Crippen molar-refractivity contribution in [2.75, 3.05) is 18.4 Å². The number of pyridine rings is 1. The SMILES string of the molecule is Cc1noc(C)c1-c1ccc2cnc(NC(=O)C3CCN(C#N)C3)cc2c1. The lowest BCUT2D eigenvalue weighted by molar-refractivity contribution is -0.119. The Bertz CT molecular complexity index is 1050. The standard InChI is InChI=1S/C20H19N5O2/c1-12-19(13(2)27-24-12)14-3-4-15-9-22-18(8-17(15)7-14)23-20(26)16-5-6-25(10-16)11-21/h3-4,7-9,16H,5-6,10H2,1-2H3,(H,22,23,26). The van der Waals surface area contributed by atoms with Crippen LogP contribution in [0.5, 0.6) is 0 Å². The number of carbonyl (C=O) groups is 1. The van der Waals surface area contributed by atoms with E-state index in [9.17, 15) is 4.79 Å². The number of benzene rings is 1. The minimum Gasteiger partial charge on any atom is -0.361 e. The fourth-order valence-electron chi connectivity index (χ4n) is 3.55. The zero-order valence-corrected chi connectivity index (χ0v) is 15.2. The molecule has 0 aliphatic carbocycles. The summed E-state index contributed by atoms with van der Waals surface area (Å²) in [6.07, 6.45) is 4.52. The topological polar surface area (TPSA) is 95.1 Å². The molecular weight excluding hydrogens is 342 g/mol. The molecule has 1 atom stereocenters. The van der Waals surface area contributed by atoms with E-state index in [4.69, 9.17) is 9.78 Å². The van der Waals surface area contributed by atoms with Gasteiger partial charge >= 0.3 is 0 Å². The van der Waals surface area contributed by atoms with E-state index in [-0.39, 0.29) is 11.8 Å². The van der Waals surface area contributed by atoms with Crippen molar-refractivity contribution >= 4 is 22.5 Å². The first-order valence-corrected chi connectivity index (χ1v) is 8.84. The van der Waals surface area contributed by atoms with Crippen LogP contribution >= 0.6 is 0 Å². The summed E-state index contributed by atoms with van der Waals surface area (Å²) in [6, 6.07) is 7.93. The van der Waals surface area contributed by atoms with E-state index >= 15 is 0 Å². The van der Waals surface area contributed by atoms with Crippen molar-refractivity contribution in [3.63, 3.8) is 0 Å². The van der Waals surface area contributed by atoms with Crippen LogP contribution in [0, 0.1) is 31.2 Å². The zero-order valence-electron chi connectivity index (χ0n) is 15.2. The lowest BCUT2D eigenvalue weighted by atomic mass is 10.0. The van der Waals surface area contributed by atoms with Crippen molar-refractivity contribution in [3.05, 3.63) is 41.9 Å². The van der Waals surface area contributed by atoms with E-state index < -0.39 is 0 Å². The Morgan fingerprint density at radius 2 is 2.19 bits per heavy atom. The van der Waals surface area contributed by atoms with E-state index in [1.54, 1.807) is 11.1 Å². The predicted molar refractivity (Wildman–Crippen MR) is 101 cm³/mol. The molecule has 0 radical (unpaired) electrons. The number of nitrogens with zero attached hydrogens (tertiary/aromatic N) is 4. The Hall–Kier alpha value is -3.40. The van der Waals surface area contributed by atoms with Gasteiger partial charge in [0, 0.05) is 30.2 Å². The second-order valence-corrected chi connectivity index (χ2v) is 6.85. The quantitative estimate of drug-likeness (QED) is 0.720. The summed E-state index contributed by atoms with van der Waals surface area (Å²) in [6.45, 7) is 4.90. The largest absolute Gasteiger partial charge is 0.361 e. The molecule has 1 unspecified atom stereocenters. The van der Waals surface area contributed by atoms with Crippen LogP contribution < -0.4 is 5.32 Å². The van der Waals surface area contributed by atoms with Gasteiger partial charge in [0.25, 0.3) is 0 Å². The van der Waals surface area contributed by atoms with Crippen LogP contribution in [0.25, 0.3) is 21.9 Å². The molecule has 1 aliphatic rings. The first-order chi connectivity index (χ1) is 13.0. The van der Waals surface area contributed by atoms with Crippen LogP contribution in [0.15, 0.2) is 35.0 Å². The van der Waals surface area contributed by atoms with Crippen LogP contribution in [-0.4, -0.2) is 34.0 Å². The molecule has 7 heteroatoms. The summed E-state index contributed by atoms with van der Waals surface area (Å²) in [7, 11) is 0. The lowest BCUT2D eigenvalue weighted by Crippen LogP contribution is -2.25. The van der Waals surface area contributed by atoms with Crippen LogP contribution in [0.2, 0.25) is 0 Å². The second kappa shape index (κ2) is 6.72. The Kier molecular flexibility index (Phi) is 4.24. The molecule has 1 saturated heterocycles. The average Bonchev–Trinajstić information content (AvgIpc) is 3.28. The Balaban J connectivity index is 1.60. The van der Waals surface area contributed by atoms with Gasteiger partial charge in [-0.2, -0.15) is 5.26 Å². The van der Waals surface area contributed by atoms with Gasteiger partial charge in [-0.25, -0.2) is 4.98 Å². The van der Waals surface area contributed by atoms with E-state index in [0.29, 0.717) is 25.3 Å². The number of aryl methyl sites for hydroxylation is 2. The summed E-state index contributed by atoms with van der Waals surface area (Å²) in [5.41, 5.74) is 2.85. The molecule has 1 fully saturated rings. The molecule has 1 amide bonds. The fraction of sp³-hybridized carbons (Fsp3) is 0.300. The number of rotatable bonds is 3. The molecule has 1 aliphatic heterocycles. The third-order valence-corrected chi connectivity index (χ3v) is 5.00. The molecular formula is C20H19N5O2. The highest BCUT2D eigenvalue weighted by Crippen LogP contribution is 2.30. The molecule has 3 heterocycles. The Morgan fingerprint density at radius 3 is 2.89 bits per heavy atom. The summed E-state index contributed by atoms with van der Waals surface area (Å²) in [4.78, 5) is 18.4. The van der Waals surface area contributed by atoms with Gasteiger partial charge in [0.15, 0.2) is 6.19 Å². The normalized spacial score (nSPS) is 16.5. The number of nitrogens with one attached hydrogen (secondary N) is 1. The van der Waals surface area contributed by atoms with Gasteiger partial charge in [-0.3, -0.25) is 4.79 Å². The summed E-state index contributed by atoms with van der Waals surface area (Å²) < 4.78 is 5.27. The molecule has 4 rings (SSSR count). The van der Waals surface area contributed by atoms with Gasteiger partial charge in [-0.05, 0) is 43.4 Å². The van der Waals surface area contributed by atoms with Crippen molar-refractivity contribution in [3.8, 4) is 17.3 Å². The molecule has 1 N–H and O–H groups in total. The van der Waals surface area contributed by atoms with Crippen molar-refractivity contribution in [1.29, 1.82) is 5.26 Å². The molecule has 136 valence electrons. The van der Waals surface area contributed by atoms with Gasteiger partial charge in [0.05, 0.1) is 11.6 Å². The van der Waals surface area contributed by atoms with E-state index in [1.165, 1.54) is 0 Å². The minimum atomic E-state index is -0.184. The van der Waals surface area contributed by atoms with Crippen molar-refractivity contribution in [2.45, 2.75) is 20.3 Å². The van der Waals surface area contributed by atoms with Crippen molar-refractivity contribution < 1.29 is 9.32 Å². The number of amides is 1. The van der Waals surface area contributed by atoms with Gasteiger partial charge in [0.2, 0.25) is 5.91 Å². The smallest absolute Gasteiger partial charge is 0.230 e. The van der Waals surface area contributed by atoms with Crippen LogP contribution in [-0.2, 0) is 4.79 Å². The summed E-state index contributed by atoms with van der Waals surface area (Å²) in [5.74, 6) is 1.01. The number of aromatic nitrogens is 2. The molecule has 27 heavy (non-hydrogen) atoms. The first-order valence-electron chi connectivity index (χ1n) is 8.84. The number of carbonyl (C=O) groups excluding carboxylic acids is 1. The second-order valence-electron chi connectivity index (χ2n) is 6.85. The number of hydrogen-bond donors (Lipinski definition) is 1. The predicted octanol–water partition coefficient (Wildman–Crippen LogP) is 3.25. The number of nitriles is 1. The maximum absolute atomic E-state index is 12.4. The van der Waals surface area contributed by atoms with E-state index in [2.05, 4.69) is 21.7 Å². The Morgan fingerprint density at radius 1 is 1.33 bits per heavy atom. The third-order valence-electron chi connectivity index (χ3n) is 5.00. The van der Waals surface area contributed by atoms with Gasteiger partial charge in [-0.15, -0.1) is 0 Å². The van der Waals surface area contributed by atoms with Crippen molar-refractivity contribution in [1.82, 2.24) is 15.0 Å². The number of hydrogen-bond acceptors (Lipinski definition) is 6. The van der Waals surface area contributed by atoms with Gasteiger partial charge < -0.3 is 14.7 Å². The van der Waals surface area contributed by atoms with Crippen molar-refractivity contribution in [2.24, 2.45) is 5.92 Å². The van der Waals surface area contributed by atoms with Gasteiger partial charge in [-0.1, -0.05) is 17.3 Å².